The molecule has 0 saturated heterocycles. The fraction of sp³-hybridized carbons (Fsp3) is 0.120. The number of benzene rings is 3. The van der Waals surface area contributed by atoms with Crippen LogP contribution in [0.5, 0.6) is 0 Å². The highest BCUT2D eigenvalue weighted by molar-refractivity contribution is 5.94. The SMILES string of the molecule is CC(NC(=O)c1ccccc1)c1nc2ccccc2n1C/C=C/c1ccccc1. The van der Waals surface area contributed by atoms with Crippen LogP contribution in [-0.2, 0) is 6.54 Å². The second kappa shape index (κ2) is 8.57. The molecule has 1 amide bonds. The molecule has 0 saturated carbocycles. The molecule has 3 aromatic carbocycles. The Morgan fingerprint density at radius 1 is 0.966 bits per heavy atom. The molecule has 0 aliphatic heterocycles. The molecule has 1 atom stereocenters. The lowest BCUT2D eigenvalue weighted by Crippen LogP contribution is -2.28. The number of nitrogens with one attached hydrogen (secondary N) is 1. The van der Waals surface area contributed by atoms with Crippen LogP contribution < -0.4 is 5.32 Å². The van der Waals surface area contributed by atoms with Crippen LogP contribution in [0.25, 0.3) is 17.1 Å². The molecular formula is C25H23N3O. The van der Waals surface area contributed by atoms with Crippen molar-refractivity contribution in [2.24, 2.45) is 0 Å². The van der Waals surface area contributed by atoms with Gasteiger partial charge in [-0.15, -0.1) is 0 Å². The number of amides is 1. The van der Waals surface area contributed by atoms with E-state index < -0.39 is 0 Å². The number of fused-ring (bicyclic) bond motifs is 1. The zero-order valence-corrected chi connectivity index (χ0v) is 16.3. The van der Waals surface area contributed by atoms with Crippen molar-refractivity contribution in [3.8, 4) is 0 Å². The van der Waals surface area contributed by atoms with E-state index in [-0.39, 0.29) is 11.9 Å². The summed E-state index contributed by atoms with van der Waals surface area (Å²) in [5.41, 5.74) is 3.78. The van der Waals surface area contributed by atoms with Crippen molar-refractivity contribution in [1.29, 1.82) is 0 Å². The third-order valence-electron chi connectivity index (χ3n) is 4.85. The minimum absolute atomic E-state index is 0.100. The third kappa shape index (κ3) is 4.27. The molecule has 4 nitrogen and oxygen atoms in total. The summed E-state index contributed by atoms with van der Waals surface area (Å²) in [7, 11) is 0. The first-order valence-corrected chi connectivity index (χ1v) is 9.75. The molecule has 0 aliphatic rings. The van der Waals surface area contributed by atoms with Gasteiger partial charge in [0.1, 0.15) is 5.82 Å². The van der Waals surface area contributed by atoms with Gasteiger partial charge in [-0.05, 0) is 36.8 Å². The number of rotatable bonds is 6. The van der Waals surface area contributed by atoms with E-state index in [1.165, 1.54) is 0 Å². The van der Waals surface area contributed by atoms with Crippen LogP contribution in [0, 0.1) is 0 Å². The standard InChI is InChI=1S/C25H23N3O/c1-19(26-25(29)21-14-6-3-7-15-21)24-27-22-16-8-9-17-23(22)28(24)18-10-13-20-11-4-2-5-12-20/h2-17,19H,18H2,1H3,(H,26,29)/b13-10+. The minimum Gasteiger partial charge on any atom is -0.342 e. The third-order valence-corrected chi connectivity index (χ3v) is 4.85. The van der Waals surface area contributed by atoms with Crippen molar-refractivity contribution >= 4 is 23.0 Å². The first-order chi connectivity index (χ1) is 14.2. The van der Waals surface area contributed by atoms with Crippen molar-refractivity contribution < 1.29 is 4.79 Å². The van der Waals surface area contributed by atoms with Gasteiger partial charge >= 0.3 is 0 Å². The number of carbonyl (C=O) groups is 1. The number of allylic oxidation sites excluding steroid dienone is 1. The molecule has 29 heavy (non-hydrogen) atoms. The number of imidazole rings is 1. The minimum atomic E-state index is -0.222. The summed E-state index contributed by atoms with van der Waals surface area (Å²) < 4.78 is 2.16. The van der Waals surface area contributed by atoms with E-state index in [2.05, 4.69) is 40.2 Å². The van der Waals surface area contributed by atoms with Gasteiger partial charge in [-0.2, -0.15) is 0 Å². The monoisotopic (exact) mass is 381 g/mol. The summed E-state index contributed by atoms with van der Waals surface area (Å²) in [6.07, 6.45) is 4.23. The molecule has 0 spiro atoms. The summed E-state index contributed by atoms with van der Waals surface area (Å²) in [5.74, 6) is 0.740. The summed E-state index contributed by atoms with van der Waals surface area (Å²) in [6, 6.07) is 27.3. The van der Waals surface area contributed by atoms with E-state index in [1.807, 2.05) is 73.7 Å². The zero-order chi connectivity index (χ0) is 20.1. The van der Waals surface area contributed by atoms with Gasteiger partial charge in [0.05, 0.1) is 17.1 Å². The predicted octanol–water partition coefficient (Wildman–Crippen LogP) is 5.24. The Hall–Kier alpha value is -3.66. The van der Waals surface area contributed by atoms with E-state index in [9.17, 15) is 4.79 Å². The number of hydrogen-bond donors (Lipinski definition) is 1. The molecule has 1 heterocycles. The van der Waals surface area contributed by atoms with Crippen LogP contribution in [0.1, 0.15) is 34.7 Å². The van der Waals surface area contributed by atoms with E-state index >= 15 is 0 Å². The predicted molar refractivity (Wildman–Crippen MR) is 118 cm³/mol. The molecule has 0 bridgehead atoms. The lowest BCUT2D eigenvalue weighted by atomic mass is 10.2. The highest BCUT2D eigenvalue weighted by atomic mass is 16.1. The maximum atomic E-state index is 12.6. The van der Waals surface area contributed by atoms with Crippen molar-refractivity contribution in [3.63, 3.8) is 0 Å². The van der Waals surface area contributed by atoms with E-state index in [0.29, 0.717) is 12.1 Å². The van der Waals surface area contributed by atoms with Gasteiger partial charge in [0, 0.05) is 12.1 Å². The molecule has 0 fully saturated rings. The Labute approximate surface area is 170 Å². The van der Waals surface area contributed by atoms with Crippen LogP contribution in [0.2, 0.25) is 0 Å². The van der Waals surface area contributed by atoms with Gasteiger partial charge in [-0.25, -0.2) is 4.98 Å². The van der Waals surface area contributed by atoms with Crippen LogP contribution >= 0.6 is 0 Å². The summed E-state index contributed by atoms with van der Waals surface area (Å²) in [5, 5.41) is 3.08. The Morgan fingerprint density at radius 3 is 2.38 bits per heavy atom. The van der Waals surface area contributed by atoms with E-state index in [0.717, 1.165) is 22.4 Å². The van der Waals surface area contributed by atoms with Crippen LogP contribution in [0.3, 0.4) is 0 Å². The Balaban J connectivity index is 1.60. The molecule has 4 aromatic rings. The smallest absolute Gasteiger partial charge is 0.251 e. The second-order valence-corrected chi connectivity index (χ2v) is 6.94. The molecule has 0 aliphatic carbocycles. The quantitative estimate of drug-likeness (QED) is 0.496. The molecule has 4 rings (SSSR count). The van der Waals surface area contributed by atoms with E-state index in [1.54, 1.807) is 0 Å². The zero-order valence-electron chi connectivity index (χ0n) is 16.3. The maximum Gasteiger partial charge on any atom is 0.251 e. The van der Waals surface area contributed by atoms with Gasteiger partial charge in [0.15, 0.2) is 0 Å². The number of carbonyl (C=O) groups excluding carboxylic acids is 1. The first kappa shape index (κ1) is 18.7. The van der Waals surface area contributed by atoms with Gasteiger partial charge in [-0.1, -0.05) is 72.8 Å². The summed E-state index contributed by atoms with van der Waals surface area (Å²) >= 11 is 0. The number of aromatic nitrogens is 2. The molecule has 1 unspecified atom stereocenters. The number of hydrogen-bond acceptors (Lipinski definition) is 2. The highest BCUT2D eigenvalue weighted by Gasteiger charge is 2.18. The van der Waals surface area contributed by atoms with Crippen molar-refractivity contribution in [1.82, 2.24) is 14.9 Å². The van der Waals surface area contributed by atoms with E-state index in [4.69, 9.17) is 4.98 Å². The van der Waals surface area contributed by atoms with Gasteiger partial charge < -0.3 is 9.88 Å². The maximum absolute atomic E-state index is 12.6. The lowest BCUT2D eigenvalue weighted by Gasteiger charge is -2.15. The van der Waals surface area contributed by atoms with Crippen LogP contribution in [-0.4, -0.2) is 15.5 Å². The van der Waals surface area contributed by atoms with Crippen molar-refractivity contribution in [2.75, 3.05) is 0 Å². The number of para-hydroxylation sites is 2. The molecule has 0 radical (unpaired) electrons. The van der Waals surface area contributed by atoms with Crippen LogP contribution in [0.15, 0.2) is 91.0 Å². The Bertz CT molecular complexity index is 1130. The van der Waals surface area contributed by atoms with Crippen molar-refractivity contribution in [3.05, 3.63) is 108 Å². The molecule has 1 aromatic heterocycles. The van der Waals surface area contributed by atoms with Gasteiger partial charge in [-0.3, -0.25) is 4.79 Å². The second-order valence-electron chi connectivity index (χ2n) is 6.94. The number of nitrogens with zero attached hydrogens (tertiary/aromatic N) is 2. The molecule has 4 heteroatoms. The molecule has 144 valence electrons. The normalized spacial score (nSPS) is 12.3. The van der Waals surface area contributed by atoms with Crippen LogP contribution in [0.4, 0.5) is 0 Å². The highest BCUT2D eigenvalue weighted by Crippen LogP contribution is 2.21. The Morgan fingerprint density at radius 2 is 1.62 bits per heavy atom. The largest absolute Gasteiger partial charge is 0.342 e. The summed E-state index contributed by atoms with van der Waals surface area (Å²) in [6.45, 7) is 2.65. The molecular weight excluding hydrogens is 358 g/mol. The summed E-state index contributed by atoms with van der Waals surface area (Å²) in [4.78, 5) is 17.4. The average molecular weight is 381 g/mol. The topological polar surface area (TPSA) is 46.9 Å². The average Bonchev–Trinajstić information content (AvgIpc) is 3.14. The van der Waals surface area contributed by atoms with Crippen molar-refractivity contribution in [2.45, 2.75) is 19.5 Å². The van der Waals surface area contributed by atoms with Gasteiger partial charge in [0.2, 0.25) is 0 Å². The Kier molecular flexibility index (Phi) is 5.52. The fourth-order valence-electron chi connectivity index (χ4n) is 3.41. The lowest BCUT2D eigenvalue weighted by molar-refractivity contribution is 0.0938. The van der Waals surface area contributed by atoms with Gasteiger partial charge in [0.25, 0.3) is 5.91 Å². The fourth-order valence-corrected chi connectivity index (χ4v) is 3.41. The first-order valence-electron chi connectivity index (χ1n) is 9.75. The molecule has 1 N–H and O–H groups in total.